The second-order valence-electron chi connectivity index (χ2n) is 3.58. The van der Waals surface area contributed by atoms with E-state index in [0.29, 0.717) is 0 Å². The molecular formula is C11H8ClN3O4. The molecule has 1 aromatic carbocycles. The number of carboxylic acid groups (broad SMARTS) is 1. The summed E-state index contributed by atoms with van der Waals surface area (Å²) >= 11 is 5.85. The van der Waals surface area contributed by atoms with Crippen LogP contribution in [0, 0.1) is 0 Å². The van der Waals surface area contributed by atoms with Gasteiger partial charge in [-0.2, -0.15) is 0 Å². The first-order valence-corrected chi connectivity index (χ1v) is 5.47. The number of hydrogen-bond donors (Lipinski definition) is 4. The van der Waals surface area contributed by atoms with Gasteiger partial charge in [0.15, 0.2) is 0 Å². The number of para-hydroxylation sites is 1. The zero-order valence-corrected chi connectivity index (χ0v) is 10.1. The highest BCUT2D eigenvalue weighted by Crippen LogP contribution is 2.26. The number of aromatic carboxylic acids is 1. The molecule has 1 aromatic heterocycles. The minimum atomic E-state index is -1.22. The Hall–Kier alpha value is -2.54. The van der Waals surface area contributed by atoms with Crippen molar-refractivity contribution in [2.24, 2.45) is 0 Å². The quantitative estimate of drug-likeness (QED) is 0.679. The third kappa shape index (κ3) is 2.66. The Morgan fingerprint density at radius 2 is 2.05 bits per heavy atom. The molecule has 0 saturated carbocycles. The average Bonchev–Trinajstić information content (AvgIpc) is 2.78. The lowest BCUT2D eigenvalue weighted by Gasteiger charge is -2.09. The van der Waals surface area contributed by atoms with Crippen LogP contribution in [-0.2, 0) is 0 Å². The molecule has 4 N–H and O–H groups in total. The van der Waals surface area contributed by atoms with Crippen molar-refractivity contribution in [2.45, 2.75) is 0 Å². The van der Waals surface area contributed by atoms with Crippen LogP contribution in [0.3, 0.4) is 0 Å². The van der Waals surface area contributed by atoms with E-state index in [1.807, 2.05) is 0 Å². The van der Waals surface area contributed by atoms with Crippen LogP contribution in [0.4, 0.5) is 5.69 Å². The Bertz CT molecular complexity index is 704. The van der Waals surface area contributed by atoms with E-state index >= 15 is 0 Å². The maximum Gasteiger partial charge on any atom is 0.337 e. The number of carbonyl (C=O) groups is 2. The van der Waals surface area contributed by atoms with Crippen LogP contribution in [0.15, 0.2) is 29.2 Å². The molecule has 7 nitrogen and oxygen atoms in total. The average molecular weight is 282 g/mol. The predicted octanol–water partition coefficient (Wildman–Crippen LogP) is 1.31. The van der Waals surface area contributed by atoms with Crippen molar-refractivity contribution in [2.75, 3.05) is 5.32 Å². The molecule has 19 heavy (non-hydrogen) atoms. The van der Waals surface area contributed by atoms with E-state index in [9.17, 15) is 14.4 Å². The number of carbonyl (C=O) groups excluding carboxylic acids is 1. The van der Waals surface area contributed by atoms with Gasteiger partial charge in [-0.15, -0.1) is 0 Å². The van der Waals surface area contributed by atoms with Crippen molar-refractivity contribution in [3.05, 3.63) is 51.2 Å². The van der Waals surface area contributed by atoms with Gasteiger partial charge in [0.25, 0.3) is 5.91 Å². The molecule has 0 unspecified atom stereocenters. The molecular weight excluding hydrogens is 274 g/mol. The molecule has 0 radical (unpaired) electrons. The van der Waals surface area contributed by atoms with Crippen molar-refractivity contribution in [1.29, 1.82) is 0 Å². The van der Waals surface area contributed by atoms with Gasteiger partial charge in [0.05, 0.1) is 16.3 Å². The summed E-state index contributed by atoms with van der Waals surface area (Å²) in [6.45, 7) is 0. The first kappa shape index (κ1) is 12.9. The highest BCUT2D eigenvalue weighted by molar-refractivity contribution is 6.34. The molecule has 1 amide bonds. The van der Waals surface area contributed by atoms with Crippen LogP contribution < -0.4 is 11.0 Å². The fourth-order valence-electron chi connectivity index (χ4n) is 1.46. The zero-order chi connectivity index (χ0) is 14.0. The number of aromatic nitrogens is 2. The van der Waals surface area contributed by atoms with Crippen LogP contribution in [0.25, 0.3) is 0 Å². The Labute approximate surface area is 111 Å². The highest BCUT2D eigenvalue weighted by atomic mass is 35.5. The summed E-state index contributed by atoms with van der Waals surface area (Å²) in [7, 11) is 0. The van der Waals surface area contributed by atoms with E-state index in [1.54, 1.807) is 0 Å². The summed E-state index contributed by atoms with van der Waals surface area (Å²) in [5, 5.41) is 11.4. The third-order valence-electron chi connectivity index (χ3n) is 2.32. The first-order valence-electron chi connectivity index (χ1n) is 5.10. The number of H-pyrrole nitrogens is 2. The number of anilines is 1. The molecule has 0 saturated heterocycles. The van der Waals surface area contributed by atoms with Crippen molar-refractivity contribution in [1.82, 2.24) is 9.97 Å². The summed E-state index contributed by atoms with van der Waals surface area (Å²) < 4.78 is 0. The first-order chi connectivity index (χ1) is 8.99. The van der Waals surface area contributed by atoms with Gasteiger partial charge < -0.3 is 20.4 Å². The normalized spacial score (nSPS) is 10.2. The number of imidazole rings is 1. The minimum absolute atomic E-state index is 0.0243. The molecule has 2 rings (SSSR count). The van der Waals surface area contributed by atoms with E-state index in [4.69, 9.17) is 16.7 Å². The van der Waals surface area contributed by atoms with E-state index < -0.39 is 17.6 Å². The largest absolute Gasteiger partial charge is 0.478 e. The van der Waals surface area contributed by atoms with Crippen molar-refractivity contribution in [3.63, 3.8) is 0 Å². The number of amides is 1. The summed E-state index contributed by atoms with van der Waals surface area (Å²) in [5.41, 5.74) is -0.730. The molecule has 0 aliphatic rings. The van der Waals surface area contributed by atoms with E-state index in [-0.39, 0.29) is 22.0 Å². The van der Waals surface area contributed by atoms with Crippen LogP contribution >= 0.6 is 11.6 Å². The maximum absolute atomic E-state index is 11.8. The van der Waals surface area contributed by atoms with Crippen LogP contribution in [0.2, 0.25) is 5.02 Å². The van der Waals surface area contributed by atoms with Gasteiger partial charge in [0.1, 0.15) is 5.69 Å². The Balaban J connectivity index is 2.36. The monoisotopic (exact) mass is 281 g/mol. The standard InChI is InChI=1S/C11H8ClN3O4/c12-6-3-1-2-5(10(17)18)8(6)15-9(16)7-4-13-11(19)14-7/h1-4H,(H,15,16)(H,17,18)(H2,13,14,19). The minimum Gasteiger partial charge on any atom is -0.478 e. The van der Waals surface area contributed by atoms with Crippen molar-refractivity contribution >= 4 is 29.2 Å². The molecule has 0 bridgehead atoms. The fourth-order valence-corrected chi connectivity index (χ4v) is 1.69. The number of carboxylic acids is 1. The highest BCUT2D eigenvalue weighted by Gasteiger charge is 2.17. The number of nitrogens with one attached hydrogen (secondary N) is 3. The van der Waals surface area contributed by atoms with Gasteiger partial charge in [-0.25, -0.2) is 9.59 Å². The van der Waals surface area contributed by atoms with Gasteiger partial charge in [0.2, 0.25) is 0 Å². The molecule has 0 atom stereocenters. The van der Waals surface area contributed by atoms with Gasteiger partial charge in [-0.3, -0.25) is 4.79 Å². The molecule has 2 aromatic rings. The topological polar surface area (TPSA) is 115 Å². The van der Waals surface area contributed by atoms with E-state index in [1.165, 1.54) is 24.4 Å². The summed E-state index contributed by atoms with van der Waals surface area (Å²) in [6.07, 6.45) is 1.18. The van der Waals surface area contributed by atoms with Crippen LogP contribution in [0.5, 0.6) is 0 Å². The van der Waals surface area contributed by atoms with Crippen molar-refractivity contribution in [3.8, 4) is 0 Å². The summed E-state index contributed by atoms with van der Waals surface area (Å²) in [4.78, 5) is 38.2. The molecule has 8 heteroatoms. The molecule has 1 heterocycles. The Morgan fingerprint density at radius 1 is 1.32 bits per heavy atom. The second kappa shape index (κ2) is 4.99. The smallest absolute Gasteiger partial charge is 0.337 e. The maximum atomic E-state index is 11.8. The van der Waals surface area contributed by atoms with E-state index in [2.05, 4.69) is 15.3 Å². The number of rotatable bonds is 3. The SMILES string of the molecule is O=C(Nc1c(Cl)cccc1C(=O)O)c1c[nH]c(=O)[nH]1. The number of aromatic amines is 2. The number of halogens is 1. The lowest BCUT2D eigenvalue weighted by molar-refractivity contribution is 0.0698. The molecule has 0 fully saturated rings. The molecule has 0 aliphatic carbocycles. The van der Waals surface area contributed by atoms with Gasteiger partial charge >= 0.3 is 11.7 Å². The summed E-state index contributed by atoms with van der Waals surface area (Å²) in [6, 6.07) is 4.22. The molecule has 0 aliphatic heterocycles. The van der Waals surface area contributed by atoms with Crippen LogP contribution in [0.1, 0.15) is 20.8 Å². The Morgan fingerprint density at radius 3 is 2.63 bits per heavy atom. The Kier molecular flexibility index (Phi) is 3.39. The van der Waals surface area contributed by atoms with E-state index in [0.717, 1.165) is 0 Å². The van der Waals surface area contributed by atoms with Crippen LogP contribution in [-0.4, -0.2) is 27.0 Å². The number of benzene rings is 1. The number of hydrogen-bond acceptors (Lipinski definition) is 3. The van der Waals surface area contributed by atoms with Gasteiger partial charge in [-0.05, 0) is 12.1 Å². The second-order valence-corrected chi connectivity index (χ2v) is 3.99. The zero-order valence-electron chi connectivity index (χ0n) is 9.36. The predicted molar refractivity (Wildman–Crippen MR) is 67.8 cm³/mol. The molecule has 0 spiro atoms. The fraction of sp³-hybridized carbons (Fsp3) is 0. The van der Waals surface area contributed by atoms with Gasteiger partial charge in [-0.1, -0.05) is 17.7 Å². The third-order valence-corrected chi connectivity index (χ3v) is 2.64. The lowest BCUT2D eigenvalue weighted by Crippen LogP contribution is -2.16. The lowest BCUT2D eigenvalue weighted by atomic mass is 10.1. The summed E-state index contributed by atoms with van der Waals surface area (Å²) in [5.74, 6) is -1.89. The van der Waals surface area contributed by atoms with Crippen molar-refractivity contribution < 1.29 is 14.7 Å². The van der Waals surface area contributed by atoms with Gasteiger partial charge in [0, 0.05) is 6.20 Å². The molecule has 98 valence electrons.